The molecule has 0 radical (unpaired) electrons. The van der Waals surface area contributed by atoms with Crippen LogP contribution in [0.3, 0.4) is 0 Å². The number of anilines is 1. The fourth-order valence-electron chi connectivity index (χ4n) is 1.84. The molecule has 7 nitrogen and oxygen atoms in total. The summed E-state index contributed by atoms with van der Waals surface area (Å²) in [6.45, 7) is 7.23. The summed E-state index contributed by atoms with van der Waals surface area (Å²) in [5, 5.41) is 18.7. The molecule has 0 bridgehead atoms. The third-order valence-electron chi connectivity index (χ3n) is 3.06. The van der Waals surface area contributed by atoms with E-state index in [-0.39, 0.29) is 0 Å². The van der Waals surface area contributed by atoms with E-state index in [2.05, 4.69) is 37.0 Å². The van der Waals surface area contributed by atoms with Crippen LogP contribution in [0.25, 0.3) is 0 Å². The van der Waals surface area contributed by atoms with Crippen molar-refractivity contribution in [1.82, 2.24) is 21.5 Å². The lowest BCUT2D eigenvalue weighted by atomic mass is 10.1. The van der Waals surface area contributed by atoms with E-state index in [9.17, 15) is 0 Å². The first-order chi connectivity index (χ1) is 12.0. The van der Waals surface area contributed by atoms with E-state index in [0.717, 1.165) is 24.3 Å². The molecular weight excluding hydrogens is 354 g/mol. The summed E-state index contributed by atoms with van der Waals surface area (Å²) >= 11 is 10.3. The van der Waals surface area contributed by atoms with Crippen LogP contribution >= 0.6 is 24.4 Å². The van der Waals surface area contributed by atoms with Crippen molar-refractivity contribution < 1.29 is 0 Å². The summed E-state index contributed by atoms with van der Waals surface area (Å²) in [7, 11) is 1.87. The molecule has 0 atom stereocenters. The van der Waals surface area contributed by atoms with Crippen LogP contribution in [-0.4, -0.2) is 41.8 Å². The predicted octanol–water partition coefficient (Wildman–Crippen LogP) is 1.78. The minimum Gasteiger partial charge on any atom is -0.388 e. The lowest BCUT2D eigenvalue weighted by Crippen LogP contribution is -2.34. The summed E-state index contributed by atoms with van der Waals surface area (Å²) in [5.41, 5.74) is 8.90. The molecule has 1 aromatic carbocycles. The Bertz CT molecular complexity index is 638. The lowest BCUT2D eigenvalue weighted by Gasteiger charge is -2.11. The Balaban J connectivity index is 3.04. The number of hydrogen-bond acceptors (Lipinski definition) is 5. The molecule has 25 heavy (non-hydrogen) atoms. The highest BCUT2D eigenvalue weighted by atomic mass is 32.1. The number of hydrazone groups is 2. The van der Waals surface area contributed by atoms with Crippen molar-refractivity contribution in [3.8, 4) is 0 Å². The van der Waals surface area contributed by atoms with Crippen LogP contribution in [0, 0.1) is 0 Å². The zero-order chi connectivity index (χ0) is 18.7. The summed E-state index contributed by atoms with van der Waals surface area (Å²) in [6.07, 6.45) is 0. The Hall–Kier alpha value is -2.26. The molecule has 5 N–H and O–H groups in total. The minimum atomic E-state index is 0.454. The molecular formula is C16H25N7S2. The van der Waals surface area contributed by atoms with Gasteiger partial charge in [0.05, 0.1) is 5.71 Å². The quantitative estimate of drug-likeness (QED) is 0.280. The number of thiocarbonyl (C=S) groups is 2. The Labute approximate surface area is 159 Å². The smallest absolute Gasteiger partial charge is 0.186 e. The van der Waals surface area contributed by atoms with E-state index in [1.807, 2.05) is 52.1 Å². The number of hydrogen-bond donors (Lipinski definition) is 5. The van der Waals surface area contributed by atoms with Crippen LogP contribution in [0.5, 0.6) is 0 Å². The van der Waals surface area contributed by atoms with Gasteiger partial charge in [0.1, 0.15) is 5.71 Å². The second-order valence-corrected chi connectivity index (χ2v) is 5.74. The maximum absolute atomic E-state index is 5.16. The van der Waals surface area contributed by atoms with E-state index in [4.69, 9.17) is 24.4 Å². The molecule has 0 saturated carbocycles. The second kappa shape index (κ2) is 11.3. The van der Waals surface area contributed by atoms with Gasteiger partial charge in [0.25, 0.3) is 0 Å². The molecule has 0 aliphatic rings. The molecule has 136 valence electrons. The Morgan fingerprint density at radius 1 is 0.920 bits per heavy atom. The van der Waals surface area contributed by atoms with Gasteiger partial charge in [-0.05, 0) is 57.3 Å². The molecule has 0 aliphatic carbocycles. The first-order valence-electron chi connectivity index (χ1n) is 8.00. The average Bonchev–Trinajstić information content (AvgIpc) is 2.61. The van der Waals surface area contributed by atoms with Gasteiger partial charge in [0.15, 0.2) is 10.2 Å². The van der Waals surface area contributed by atoms with E-state index >= 15 is 0 Å². The summed E-state index contributed by atoms with van der Waals surface area (Å²) in [4.78, 5) is 0. The first kappa shape index (κ1) is 20.8. The Morgan fingerprint density at radius 2 is 1.44 bits per heavy atom. The number of rotatable bonds is 7. The van der Waals surface area contributed by atoms with Gasteiger partial charge in [-0.3, -0.25) is 10.9 Å². The predicted molar refractivity (Wildman–Crippen MR) is 114 cm³/mol. The van der Waals surface area contributed by atoms with Gasteiger partial charge >= 0.3 is 0 Å². The summed E-state index contributed by atoms with van der Waals surface area (Å²) < 4.78 is 0. The topological polar surface area (TPSA) is 84.9 Å². The first-order valence-corrected chi connectivity index (χ1v) is 8.81. The Morgan fingerprint density at radius 3 is 1.92 bits per heavy atom. The van der Waals surface area contributed by atoms with E-state index in [1.165, 1.54) is 0 Å². The number of nitrogens with zero attached hydrogens (tertiary/aromatic N) is 2. The van der Waals surface area contributed by atoms with Crippen LogP contribution in [0.2, 0.25) is 0 Å². The molecule has 0 heterocycles. The van der Waals surface area contributed by atoms with Crippen LogP contribution in [-0.2, 0) is 0 Å². The highest BCUT2D eigenvalue weighted by molar-refractivity contribution is 7.80. The molecule has 0 spiro atoms. The second-order valence-electron chi connectivity index (χ2n) is 4.93. The average molecular weight is 380 g/mol. The SMILES string of the molecule is CCNC(=S)NN=C(C)C(=NNC(=S)NCC)c1ccc(NC)cc1. The number of benzene rings is 1. The molecule has 0 fully saturated rings. The van der Waals surface area contributed by atoms with E-state index in [0.29, 0.717) is 21.6 Å². The summed E-state index contributed by atoms with van der Waals surface area (Å²) in [5.74, 6) is 0. The molecule has 1 rings (SSSR count). The molecule has 9 heteroatoms. The largest absolute Gasteiger partial charge is 0.388 e. The van der Waals surface area contributed by atoms with Crippen LogP contribution in [0.4, 0.5) is 5.69 Å². The van der Waals surface area contributed by atoms with Crippen LogP contribution in [0.1, 0.15) is 26.3 Å². The number of nitrogens with one attached hydrogen (secondary N) is 5. The summed E-state index contributed by atoms with van der Waals surface area (Å²) in [6, 6.07) is 7.86. The third-order valence-corrected chi connectivity index (χ3v) is 3.53. The minimum absolute atomic E-state index is 0.454. The molecule has 0 aromatic heterocycles. The van der Waals surface area contributed by atoms with Gasteiger partial charge in [-0.15, -0.1) is 0 Å². The standard InChI is InChI=1S/C16H25N7S2/c1-5-18-15(24)22-20-11(3)14(21-23-16(25)19-6-2)12-7-9-13(17-4)10-8-12/h7-10,17H,5-6H2,1-4H3,(H2,18,22,24)(H2,19,23,25). The fourth-order valence-corrected chi connectivity index (χ4v) is 2.22. The van der Waals surface area contributed by atoms with E-state index < -0.39 is 0 Å². The maximum Gasteiger partial charge on any atom is 0.186 e. The maximum atomic E-state index is 5.16. The van der Waals surface area contributed by atoms with Gasteiger partial charge in [0, 0.05) is 31.4 Å². The van der Waals surface area contributed by atoms with Crippen LogP contribution in [0.15, 0.2) is 34.5 Å². The molecule has 0 saturated heterocycles. The van der Waals surface area contributed by atoms with Gasteiger partial charge in [-0.25, -0.2) is 0 Å². The Kier molecular flexibility index (Phi) is 9.41. The fraction of sp³-hybridized carbons (Fsp3) is 0.375. The third kappa shape index (κ3) is 7.44. The lowest BCUT2D eigenvalue weighted by molar-refractivity contribution is 0.897. The van der Waals surface area contributed by atoms with Crippen molar-refractivity contribution in [2.24, 2.45) is 10.2 Å². The molecule has 0 aliphatic heterocycles. The monoisotopic (exact) mass is 379 g/mol. The van der Waals surface area contributed by atoms with Crippen molar-refractivity contribution in [3.63, 3.8) is 0 Å². The molecule has 0 amide bonds. The zero-order valence-electron chi connectivity index (χ0n) is 14.9. The van der Waals surface area contributed by atoms with Crippen molar-refractivity contribution in [2.75, 3.05) is 25.5 Å². The van der Waals surface area contributed by atoms with Gasteiger partial charge < -0.3 is 16.0 Å². The normalized spacial score (nSPS) is 11.5. The van der Waals surface area contributed by atoms with Gasteiger partial charge in [-0.1, -0.05) is 12.1 Å². The van der Waals surface area contributed by atoms with Crippen molar-refractivity contribution >= 4 is 51.8 Å². The van der Waals surface area contributed by atoms with Crippen molar-refractivity contribution in [1.29, 1.82) is 0 Å². The van der Waals surface area contributed by atoms with Crippen LogP contribution < -0.4 is 26.8 Å². The zero-order valence-corrected chi connectivity index (χ0v) is 16.6. The van der Waals surface area contributed by atoms with E-state index in [1.54, 1.807) is 0 Å². The van der Waals surface area contributed by atoms with Crippen molar-refractivity contribution in [2.45, 2.75) is 20.8 Å². The molecule has 1 aromatic rings. The highest BCUT2D eigenvalue weighted by Gasteiger charge is 2.09. The molecule has 0 unspecified atom stereocenters. The van der Waals surface area contributed by atoms with Gasteiger partial charge in [0.2, 0.25) is 0 Å². The highest BCUT2D eigenvalue weighted by Crippen LogP contribution is 2.10. The van der Waals surface area contributed by atoms with Gasteiger partial charge in [-0.2, -0.15) is 10.2 Å². The van der Waals surface area contributed by atoms with Crippen molar-refractivity contribution in [3.05, 3.63) is 29.8 Å².